The third-order valence-electron chi connectivity index (χ3n) is 5.92. The molecule has 1 N–H and O–H groups in total. The number of hydrogen-bond donors (Lipinski definition) is 1. The third-order valence-corrected chi connectivity index (χ3v) is 6.83. The van der Waals surface area contributed by atoms with E-state index in [1.165, 1.54) is 4.90 Å². The Balaban J connectivity index is 1.50. The largest absolute Gasteiger partial charge is 0.491 e. The lowest BCUT2D eigenvalue weighted by atomic mass is 10.1. The van der Waals surface area contributed by atoms with E-state index in [0.29, 0.717) is 4.91 Å². The van der Waals surface area contributed by atoms with Crippen molar-refractivity contribution in [2.75, 3.05) is 13.2 Å². The molecular weight excluding hydrogens is 464 g/mol. The topological polar surface area (TPSA) is 88.8 Å². The first-order chi connectivity index (χ1) is 16.7. The number of aromatic carboxylic acids is 1. The van der Waals surface area contributed by atoms with Gasteiger partial charge in [0.15, 0.2) is 0 Å². The predicted molar refractivity (Wildman–Crippen MR) is 136 cm³/mol. The van der Waals surface area contributed by atoms with Crippen LogP contribution in [0.3, 0.4) is 0 Å². The SMILES string of the molecule is Cc1ccc(C)c(OCCN2C(=O)S/C(=C\c3cc(C)n(-c4ccc(C(=O)O)cc4)c3C)C2=O)c1. The number of amides is 2. The molecule has 8 heteroatoms. The number of carbonyl (C=O) groups is 3. The maximum absolute atomic E-state index is 13.0. The van der Waals surface area contributed by atoms with Gasteiger partial charge in [0.1, 0.15) is 12.4 Å². The number of carboxylic acid groups (broad SMARTS) is 1. The summed E-state index contributed by atoms with van der Waals surface area (Å²) in [6.45, 7) is 8.18. The molecule has 35 heavy (non-hydrogen) atoms. The summed E-state index contributed by atoms with van der Waals surface area (Å²) in [6, 6.07) is 14.5. The summed E-state index contributed by atoms with van der Waals surface area (Å²) in [7, 11) is 0. The summed E-state index contributed by atoms with van der Waals surface area (Å²) in [5.74, 6) is -0.565. The highest BCUT2D eigenvalue weighted by Crippen LogP contribution is 2.34. The van der Waals surface area contributed by atoms with Crippen LogP contribution in [0.4, 0.5) is 4.79 Å². The zero-order chi connectivity index (χ0) is 25.3. The summed E-state index contributed by atoms with van der Waals surface area (Å²) in [5, 5.41) is 8.82. The van der Waals surface area contributed by atoms with E-state index in [4.69, 9.17) is 9.84 Å². The zero-order valence-corrected chi connectivity index (χ0v) is 20.8. The van der Waals surface area contributed by atoms with Crippen LogP contribution in [0.2, 0.25) is 0 Å². The van der Waals surface area contributed by atoms with E-state index < -0.39 is 5.97 Å². The molecule has 7 nitrogen and oxygen atoms in total. The highest BCUT2D eigenvalue weighted by molar-refractivity contribution is 8.18. The molecule has 4 rings (SSSR count). The van der Waals surface area contributed by atoms with Crippen LogP contribution >= 0.6 is 11.8 Å². The number of aryl methyl sites for hydroxylation is 3. The number of ether oxygens (including phenoxy) is 1. The second-order valence-electron chi connectivity index (χ2n) is 8.46. The average Bonchev–Trinajstić information content (AvgIpc) is 3.25. The molecule has 0 aliphatic carbocycles. The second-order valence-corrected chi connectivity index (χ2v) is 9.46. The summed E-state index contributed by atoms with van der Waals surface area (Å²) in [6.07, 6.45) is 1.74. The molecule has 2 amide bonds. The number of carboxylic acids is 1. The average molecular weight is 491 g/mol. The molecule has 180 valence electrons. The molecule has 0 atom stereocenters. The van der Waals surface area contributed by atoms with E-state index in [2.05, 4.69) is 0 Å². The van der Waals surface area contributed by atoms with Crippen LogP contribution in [0.25, 0.3) is 11.8 Å². The van der Waals surface area contributed by atoms with Crippen LogP contribution in [0.15, 0.2) is 53.4 Å². The van der Waals surface area contributed by atoms with Crippen LogP contribution in [-0.4, -0.2) is 44.8 Å². The van der Waals surface area contributed by atoms with Gasteiger partial charge in [0.25, 0.3) is 11.1 Å². The van der Waals surface area contributed by atoms with Crippen molar-refractivity contribution in [2.45, 2.75) is 27.7 Å². The van der Waals surface area contributed by atoms with Gasteiger partial charge in [-0.05, 0) is 98.6 Å². The second kappa shape index (κ2) is 9.84. The zero-order valence-electron chi connectivity index (χ0n) is 20.0. The molecule has 1 fully saturated rings. The Kier molecular flexibility index (Phi) is 6.84. The Hall–Kier alpha value is -3.78. The maximum Gasteiger partial charge on any atom is 0.335 e. The number of imide groups is 1. The van der Waals surface area contributed by atoms with Gasteiger partial charge in [0.2, 0.25) is 0 Å². The number of thioether (sulfide) groups is 1. The molecule has 3 aromatic rings. The van der Waals surface area contributed by atoms with Crippen LogP contribution in [-0.2, 0) is 4.79 Å². The Bertz CT molecular complexity index is 1350. The van der Waals surface area contributed by atoms with E-state index in [0.717, 1.165) is 51.3 Å². The summed E-state index contributed by atoms with van der Waals surface area (Å²) < 4.78 is 7.81. The lowest BCUT2D eigenvalue weighted by molar-refractivity contribution is -0.123. The first kappa shape index (κ1) is 24.3. The van der Waals surface area contributed by atoms with Crippen molar-refractivity contribution in [3.05, 3.63) is 87.1 Å². The molecule has 1 aliphatic rings. The van der Waals surface area contributed by atoms with Crippen molar-refractivity contribution in [2.24, 2.45) is 0 Å². The molecule has 0 unspecified atom stereocenters. The molecular formula is C27H26N2O5S. The smallest absolute Gasteiger partial charge is 0.335 e. The minimum absolute atomic E-state index is 0.171. The number of aromatic nitrogens is 1. The van der Waals surface area contributed by atoms with E-state index in [9.17, 15) is 14.4 Å². The van der Waals surface area contributed by atoms with Crippen molar-refractivity contribution >= 4 is 35.0 Å². The third kappa shape index (κ3) is 5.02. The number of hydrogen-bond acceptors (Lipinski definition) is 5. The van der Waals surface area contributed by atoms with E-state index >= 15 is 0 Å². The van der Waals surface area contributed by atoms with Crippen LogP contribution in [0.5, 0.6) is 5.75 Å². The van der Waals surface area contributed by atoms with Crippen molar-refractivity contribution in [1.82, 2.24) is 9.47 Å². The molecule has 1 saturated heterocycles. The fourth-order valence-corrected chi connectivity index (χ4v) is 4.88. The van der Waals surface area contributed by atoms with Crippen molar-refractivity contribution in [3.8, 4) is 11.4 Å². The van der Waals surface area contributed by atoms with Gasteiger partial charge in [-0.25, -0.2) is 4.79 Å². The normalized spacial score (nSPS) is 14.7. The Labute approximate surface area is 208 Å². The lowest BCUT2D eigenvalue weighted by Crippen LogP contribution is -2.32. The monoisotopic (exact) mass is 490 g/mol. The number of benzene rings is 2. The summed E-state index contributed by atoms with van der Waals surface area (Å²) in [4.78, 5) is 38.2. The molecule has 0 bridgehead atoms. The van der Waals surface area contributed by atoms with Crippen molar-refractivity contribution in [3.63, 3.8) is 0 Å². The van der Waals surface area contributed by atoms with Gasteiger partial charge in [-0.15, -0.1) is 0 Å². The Morgan fingerprint density at radius 1 is 1.03 bits per heavy atom. The standard InChI is InChI=1S/C27H26N2O5S/c1-16-5-6-17(2)23(13-16)34-12-11-28-25(30)24(35-27(28)33)15-21-14-18(3)29(19(21)4)22-9-7-20(8-10-22)26(31)32/h5-10,13-15H,11-12H2,1-4H3,(H,31,32)/b24-15-. The summed E-state index contributed by atoms with van der Waals surface area (Å²) in [5.41, 5.74) is 5.75. The molecule has 2 aromatic carbocycles. The summed E-state index contributed by atoms with van der Waals surface area (Å²) >= 11 is 0.922. The quantitative estimate of drug-likeness (QED) is 0.439. The van der Waals surface area contributed by atoms with Gasteiger partial charge in [0.05, 0.1) is 17.0 Å². The molecule has 0 saturated carbocycles. The highest BCUT2D eigenvalue weighted by Gasteiger charge is 2.35. The highest BCUT2D eigenvalue weighted by atomic mass is 32.2. The number of rotatable bonds is 7. The molecule has 0 radical (unpaired) electrons. The maximum atomic E-state index is 13.0. The Morgan fingerprint density at radius 2 is 1.74 bits per heavy atom. The first-order valence-corrected chi connectivity index (χ1v) is 12.0. The van der Waals surface area contributed by atoms with Gasteiger partial charge in [-0.1, -0.05) is 12.1 Å². The fourth-order valence-electron chi connectivity index (χ4n) is 4.03. The molecule has 2 heterocycles. The van der Waals surface area contributed by atoms with Crippen LogP contribution in [0.1, 0.15) is 38.4 Å². The Morgan fingerprint density at radius 3 is 2.43 bits per heavy atom. The minimum atomic E-state index is -0.978. The van der Waals surface area contributed by atoms with E-state index in [1.807, 2.05) is 56.5 Å². The van der Waals surface area contributed by atoms with Crippen molar-refractivity contribution in [1.29, 1.82) is 0 Å². The number of nitrogens with zero attached hydrogens (tertiary/aromatic N) is 2. The molecule has 1 aromatic heterocycles. The van der Waals surface area contributed by atoms with Gasteiger partial charge < -0.3 is 14.4 Å². The van der Waals surface area contributed by atoms with Gasteiger partial charge >= 0.3 is 5.97 Å². The van der Waals surface area contributed by atoms with E-state index in [1.54, 1.807) is 30.3 Å². The van der Waals surface area contributed by atoms with E-state index in [-0.39, 0.29) is 29.9 Å². The predicted octanol–water partition coefficient (Wildman–Crippen LogP) is 5.52. The first-order valence-electron chi connectivity index (χ1n) is 11.1. The lowest BCUT2D eigenvalue weighted by Gasteiger charge is -2.14. The van der Waals surface area contributed by atoms with Crippen LogP contribution in [0, 0.1) is 27.7 Å². The van der Waals surface area contributed by atoms with Gasteiger partial charge in [-0.2, -0.15) is 0 Å². The molecule has 1 aliphatic heterocycles. The fraction of sp³-hybridized carbons (Fsp3) is 0.222. The minimum Gasteiger partial charge on any atom is -0.491 e. The van der Waals surface area contributed by atoms with Gasteiger partial charge in [-0.3, -0.25) is 14.5 Å². The molecule has 0 spiro atoms. The van der Waals surface area contributed by atoms with Gasteiger partial charge in [0, 0.05) is 17.1 Å². The van der Waals surface area contributed by atoms with Crippen LogP contribution < -0.4 is 4.74 Å². The van der Waals surface area contributed by atoms with Crippen molar-refractivity contribution < 1.29 is 24.2 Å². The number of carbonyl (C=O) groups excluding carboxylic acids is 2.